The van der Waals surface area contributed by atoms with Gasteiger partial charge in [-0.05, 0) is 32.7 Å². The molecular weight excluding hydrogens is 200 g/mol. The van der Waals surface area contributed by atoms with Crippen molar-refractivity contribution < 1.29 is 0 Å². The Labute approximate surface area is 97.3 Å². The first-order valence-electron chi connectivity index (χ1n) is 5.91. The highest BCUT2D eigenvalue weighted by atomic mass is 16.1. The van der Waals surface area contributed by atoms with Crippen molar-refractivity contribution in [2.75, 3.05) is 6.54 Å². The summed E-state index contributed by atoms with van der Waals surface area (Å²) in [5.41, 5.74) is 2.76. The summed E-state index contributed by atoms with van der Waals surface area (Å²) in [6.45, 7) is 9.87. The maximum Gasteiger partial charge on any atom is 0.187 e. The molecule has 0 saturated carbocycles. The van der Waals surface area contributed by atoms with Gasteiger partial charge in [-0.2, -0.15) is 0 Å². The molecule has 0 aliphatic rings. The first-order chi connectivity index (χ1) is 7.52. The van der Waals surface area contributed by atoms with E-state index < -0.39 is 0 Å². The van der Waals surface area contributed by atoms with Gasteiger partial charge in [-0.1, -0.05) is 13.8 Å². The maximum atomic E-state index is 11.7. The van der Waals surface area contributed by atoms with Crippen LogP contribution in [0.5, 0.6) is 0 Å². The highest BCUT2D eigenvalue weighted by Gasteiger charge is 2.04. The summed E-state index contributed by atoms with van der Waals surface area (Å²) in [5.74, 6) is 0.714. The second kappa shape index (κ2) is 5.85. The molecule has 0 atom stereocenters. The van der Waals surface area contributed by atoms with Crippen LogP contribution in [0, 0.1) is 19.8 Å². The van der Waals surface area contributed by atoms with Crippen LogP contribution in [0.3, 0.4) is 0 Å². The molecule has 3 nitrogen and oxygen atoms in total. The van der Waals surface area contributed by atoms with E-state index in [9.17, 15) is 4.79 Å². The van der Waals surface area contributed by atoms with E-state index in [0.29, 0.717) is 5.92 Å². The van der Waals surface area contributed by atoms with Crippen molar-refractivity contribution in [3.63, 3.8) is 0 Å². The van der Waals surface area contributed by atoms with Crippen molar-refractivity contribution in [1.82, 2.24) is 10.3 Å². The Morgan fingerprint density at radius 2 is 2.06 bits per heavy atom. The molecule has 0 bridgehead atoms. The number of aromatic amines is 1. The zero-order valence-electron chi connectivity index (χ0n) is 10.7. The van der Waals surface area contributed by atoms with Gasteiger partial charge in [0.05, 0.1) is 0 Å². The van der Waals surface area contributed by atoms with Gasteiger partial charge in [0.25, 0.3) is 0 Å². The second-order valence-electron chi connectivity index (χ2n) is 4.76. The summed E-state index contributed by atoms with van der Waals surface area (Å²) >= 11 is 0. The Morgan fingerprint density at radius 1 is 1.38 bits per heavy atom. The summed E-state index contributed by atoms with van der Waals surface area (Å²) < 4.78 is 0. The van der Waals surface area contributed by atoms with Gasteiger partial charge >= 0.3 is 0 Å². The lowest BCUT2D eigenvalue weighted by Crippen LogP contribution is -2.21. The summed E-state index contributed by atoms with van der Waals surface area (Å²) in [4.78, 5) is 14.9. The van der Waals surface area contributed by atoms with Crippen molar-refractivity contribution in [2.45, 2.75) is 40.7 Å². The largest absolute Gasteiger partial charge is 0.363 e. The van der Waals surface area contributed by atoms with Crippen molar-refractivity contribution in [1.29, 1.82) is 0 Å². The zero-order valence-corrected chi connectivity index (χ0v) is 10.7. The molecule has 2 N–H and O–H groups in total. The molecule has 16 heavy (non-hydrogen) atoms. The van der Waals surface area contributed by atoms with Crippen LogP contribution >= 0.6 is 0 Å². The molecule has 1 aromatic heterocycles. The van der Waals surface area contributed by atoms with Crippen LogP contribution in [0.2, 0.25) is 0 Å². The second-order valence-corrected chi connectivity index (χ2v) is 4.76. The van der Waals surface area contributed by atoms with Gasteiger partial charge in [0, 0.05) is 29.6 Å². The van der Waals surface area contributed by atoms with Crippen LogP contribution in [-0.2, 0) is 6.54 Å². The standard InChI is InChI=1S/C13H22N2O/c1-9(2)5-6-14-8-12-11(4)13(16)10(3)7-15-12/h7,9,14H,5-6,8H2,1-4H3,(H,15,16). The van der Waals surface area contributed by atoms with Crippen LogP contribution in [0.25, 0.3) is 0 Å². The first kappa shape index (κ1) is 13.0. The third kappa shape index (κ3) is 3.49. The minimum absolute atomic E-state index is 0.152. The van der Waals surface area contributed by atoms with E-state index >= 15 is 0 Å². The van der Waals surface area contributed by atoms with E-state index in [1.54, 1.807) is 6.20 Å². The summed E-state index contributed by atoms with van der Waals surface area (Å²) in [5, 5.41) is 3.35. The van der Waals surface area contributed by atoms with Gasteiger partial charge in [-0.15, -0.1) is 0 Å². The molecule has 0 spiro atoms. The van der Waals surface area contributed by atoms with E-state index in [1.807, 2.05) is 13.8 Å². The minimum Gasteiger partial charge on any atom is -0.363 e. The number of rotatable bonds is 5. The molecule has 0 saturated heterocycles. The topological polar surface area (TPSA) is 44.9 Å². The highest BCUT2D eigenvalue weighted by molar-refractivity contribution is 5.23. The third-order valence-electron chi connectivity index (χ3n) is 2.81. The molecule has 0 aromatic carbocycles. The SMILES string of the molecule is Cc1c[nH]c(CNCCC(C)C)c(C)c1=O. The number of hydrogen-bond acceptors (Lipinski definition) is 2. The van der Waals surface area contributed by atoms with Gasteiger partial charge in [-0.25, -0.2) is 0 Å². The molecular formula is C13H22N2O. The van der Waals surface area contributed by atoms with Crippen LogP contribution < -0.4 is 10.7 Å². The fourth-order valence-corrected chi connectivity index (χ4v) is 1.59. The van der Waals surface area contributed by atoms with Crippen LogP contribution in [0.15, 0.2) is 11.0 Å². The van der Waals surface area contributed by atoms with Gasteiger partial charge in [0.15, 0.2) is 5.43 Å². The summed E-state index contributed by atoms with van der Waals surface area (Å²) in [6, 6.07) is 0. The maximum absolute atomic E-state index is 11.7. The van der Waals surface area contributed by atoms with E-state index in [0.717, 1.165) is 36.3 Å². The molecule has 0 amide bonds. The quantitative estimate of drug-likeness (QED) is 0.750. The van der Waals surface area contributed by atoms with Crippen LogP contribution in [-0.4, -0.2) is 11.5 Å². The molecule has 0 aliphatic carbocycles. The predicted octanol–water partition coefficient (Wildman–Crippen LogP) is 2.13. The average Bonchev–Trinajstić information content (AvgIpc) is 2.23. The van der Waals surface area contributed by atoms with E-state index in [1.165, 1.54) is 0 Å². The highest BCUT2D eigenvalue weighted by Crippen LogP contribution is 2.01. The normalized spacial score (nSPS) is 11.1. The van der Waals surface area contributed by atoms with Crippen molar-refractivity contribution >= 4 is 0 Å². The predicted molar refractivity (Wildman–Crippen MR) is 67.7 cm³/mol. The average molecular weight is 222 g/mol. The molecule has 0 radical (unpaired) electrons. The monoisotopic (exact) mass is 222 g/mol. The lowest BCUT2D eigenvalue weighted by molar-refractivity contribution is 0.534. The van der Waals surface area contributed by atoms with Crippen molar-refractivity contribution in [3.8, 4) is 0 Å². The smallest absolute Gasteiger partial charge is 0.187 e. The van der Waals surface area contributed by atoms with Crippen LogP contribution in [0.4, 0.5) is 0 Å². The van der Waals surface area contributed by atoms with Gasteiger partial charge in [0.2, 0.25) is 0 Å². The minimum atomic E-state index is 0.152. The van der Waals surface area contributed by atoms with Crippen molar-refractivity contribution in [2.24, 2.45) is 5.92 Å². The fourth-order valence-electron chi connectivity index (χ4n) is 1.59. The van der Waals surface area contributed by atoms with Gasteiger partial charge < -0.3 is 10.3 Å². The number of nitrogens with one attached hydrogen (secondary N) is 2. The molecule has 0 unspecified atom stereocenters. The van der Waals surface area contributed by atoms with E-state index in [-0.39, 0.29) is 5.43 Å². The zero-order chi connectivity index (χ0) is 12.1. The molecule has 90 valence electrons. The molecule has 0 aliphatic heterocycles. The Morgan fingerprint density at radius 3 is 2.69 bits per heavy atom. The number of aryl methyl sites for hydroxylation is 1. The number of hydrogen-bond donors (Lipinski definition) is 2. The Bertz CT molecular complexity index is 393. The molecule has 1 aromatic rings. The first-order valence-corrected chi connectivity index (χ1v) is 5.91. The van der Waals surface area contributed by atoms with Crippen LogP contribution in [0.1, 0.15) is 37.1 Å². The van der Waals surface area contributed by atoms with Crippen molar-refractivity contribution in [3.05, 3.63) is 33.2 Å². The Hall–Kier alpha value is -1.09. The number of aromatic nitrogens is 1. The number of pyridine rings is 1. The summed E-state index contributed by atoms with van der Waals surface area (Å²) in [7, 11) is 0. The number of H-pyrrole nitrogens is 1. The van der Waals surface area contributed by atoms with E-state index in [4.69, 9.17) is 0 Å². The molecule has 0 fully saturated rings. The molecule has 3 heteroatoms. The molecule has 1 heterocycles. The Balaban J connectivity index is 2.55. The van der Waals surface area contributed by atoms with Gasteiger partial charge in [-0.3, -0.25) is 4.79 Å². The lowest BCUT2D eigenvalue weighted by atomic mass is 10.1. The van der Waals surface area contributed by atoms with Gasteiger partial charge in [0.1, 0.15) is 0 Å². The summed E-state index contributed by atoms with van der Waals surface area (Å²) in [6.07, 6.45) is 2.95. The van der Waals surface area contributed by atoms with E-state index in [2.05, 4.69) is 24.1 Å². The Kier molecular flexibility index (Phi) is 4.74. The third-order valence-corrected chi connectivity index (χ3v) is 2.81. The molecule has 1 rings (SSSR count). The lowest BCUT2D eigenvalue weighted by Gasteiger charge is -2.09. The fraction of sp³-hybridized carbons (Fsp3) is 0.615.